The van der Waals surface area contributed by atoms with Crippen molar-refractivity contribution in [2.24, 2.45) is 17.5 Å². The number of benzene rings is 2. The van der Waals surface area contributed by atoms with Gasteiger partial charge in [-0.15, -0.1) is 5.10 Å². The topological polar surface area (TPSA) is 439 Å². The van der Waals surface area contributed by atoms with Crippen LogP contribution in [0.2, 0.25) is 0 Å². The SMILES string of the molecule is C1CCOCC1.CCO.CCOC(=O)C(=O)Cl.CCOC(=O)C(=O)N1CCOCC1.Cc1cc(-c2ccn(/C=C\C(=O)O)n2)cc(C(F)(F)F)c1.Cc1cc(C)cc(-c2ncn(/C=C\C(=O)NNC(=O)C(=O)N3CCOCC3)n2)c1.NN.NNC(=O)C(=O)N1CCOCC1. The van der Waals surface area contributed by atoms with Gasteiger partial charge in [0.1, 0.15) is 6.33 Å². The number of ether oxygens (including phenoxy) is 6. The Labute approximate surface area is 544 Å². The maximum atomic E-state index is 12.8. The number of alkyl halides is 3. The van der Waals surface area contributed by atoms with E-state index in [9.17, 15) is 61.1 Å². The highest BCUT2D eigenvalue weighted by molar-refractivity contribution is 6.80. The van der Waals surface area contributed by atoms with Crippen molar-refractivity contribution in [1.29, 1.82) is 0 Å². The molecule has 2 aromatic heterocycles. The summed E-state index contributed by atoms with van der Waals surface area (Å²) in [5, 5.41) is 23.3. The first-order valence-corrected chi connectivity index (χ1v) is 29.3. The number of hydrogen-bond donors (Lipinski definition) is 8. The molecule has 0 unspecified atom stereocenters. The van der Waals surface area contributed by atoms with Crippen LogP contribution in [-0.4, -0.2) is 220 Å². The number of hydrazine groups is 3. The largest absolute Gasteiger partial charge is 0.478 e. The van der Waals surface area contributed by atoms with E-state index in [0.717, 1.165) is 48.1 Å². The van der Waals surface area contributed by atoms with E-state index in [0.29, 0.717) is 102 Å². The number of morpholine rings is 3. The highest BCUT2D eigenvalue weighted by Gasteiger charge is 2.31. The van der Waals surface area contributed by atoms with Crippen LogP contribution in [-0.2, 0) is 82.5 Å². The Bertz CT molecular complexity index is 3060. The van der Waals surface area contributed by atoms with Gasteiger partial charge < -0.3 is 53.3 Å². The van der Waals surface area contributed by atoms with Crippen molar-refractivity contribution in [1.82, 2.24) is 55.5 Å². The normalized spacial score (nSPS) is 14.0. The van der Waals surface area contributed by atoms with Gasteiger partial charge in [-0.1, -0.05) is 17.2 Å². The van der Waals surface area contributed by atoms with E-state index in [4.69, 9.17) is 46.6 Å². The van der Waals surface area contributed by atoms with Crippen molar-refractivity contribution in [3.8, 4) is 22.6 Å². The van der Waals surface area contributed by atoms with Crippen LogP contribution in [0.25, 0.3) is 35.0 Å². The zero-order valence-corrected chi connectivity index (χ0v) is 53.7. The molecule has 0 spiro atoms. The zero-order valence-electron chi connectivity index (χ0n) is 52.9. The molecule has 4 aromatic rings. The van der Waals surface area contributed by atoms with Gasteiger partial charge >= 0.3 is 58.9 Å². The molecule has 0 radical (unpaired) electrons. The summed E-state index contributed by atoms with van der Waals surface area (Å²) < 4.78 is 69.9. The molecule has 2 aromatic carbocycles. The van der Waals surface area contributed by atoms with E-state index >= 15 is 0 Å². The van der Waals surface area contributed by atoms with Gasteiger partial charge in [-0.2, -0.15) is 18.3 Å². The fraction of sp³-hybridized carbons (Fsp3) is 0.466. The van der Waals surface area contributed by atoms with Crippen molar-refractivity contribution in [2.75, 3.05) is 112 Å². The Morgan fingerprint density at radius 1 is 0.617 bits per heavy atom. The van der Waals surface area contributed by atoms with Crippen LogP contribution in [0.5, 0.6) is 0 Å². The first-order valence-electron chi connectivity index (χ1n) is 28.9. The molecule has 4 aliphatic rings. The number of aliphatic hydroxyl groups is 1. The first kappa shape index (κ1) is 82.9. The van der Waals surface area contributed by atoms with Crippen LogP contribution in [0, 0.1) is 20.8 Å². The van der Waals surface area contributed by atoms with Gasteiger partial charge in [-0.3, -0.25) is 61.5 Å². The molecule has 0 saturated carbocycles. The van der Waals surface area contributed by atoms with E-state index in [1.807, 2.05) is 26.0 Å². The number of nitrogens with one attached hydrogen (secondary N) is 3. The predicted octanol–water partition coefficient (Wildman–Crippen LogP) is 1.03. The van der Waals surface area contributed by atoms with Crippen molar-refractivity contribution in [3.63, 3.8) is 0 Å². The summed E-state index contributed by atoms with van der Waals surface area (Å²) in [5.41, 5.74) is 9.52. The number of esters is 2. The van der Waals surface area contributed by atoms with Gasteiger partial charge in [-0.25, -0.2) is 34.6 Å². The number of aromatic nitrogens is 5. The summed E-state index contributed by atoms with van der Waals surface area (Å²) in [5.74, 6) is 6.25. The lowest BCUT2D eigenvalue weighted by atomic mass is 10.0. The molecule has 94 heavy (non-hydrogen) atoms. The lowest BCUT2D eigenvalue weighted by Gasteiger charge is -2.25. The quantitative estimate of drug-likeness (QED) is 0.0221. The van der Waals surface area contributed by atoms with Gasteiger partial charge in [0.25, 0.3) is 5.91 Å². The maximum absolute atomic E-state index is 12.8. The number of halogens is 4. The standard InChI is InChI=1S/C19H22N6O4.C14H11F3N2O2.C8H13NO4.C6H11N3O3.C5H10O.C4H5ClO3.C2H6O.H4N2/c1-13-9-14(2)11-15(10-13)17-20-12-25(23-17)4-3-16(26)21-22-18(27)19(28)24-5-7-29-8-6-24;1-9-6-10(8-11(7-9)14(15,16)17)12-2-4-19(18-12)5-3-13(20)21;1-2-13-8(11)7(10)9-3-5-12-6-4-9;7-8-5(10)6(11)9-1-3-12-4-2-9;1-2-4-6-5-3-1;1-2-8-4(7)3(5)6;1-2-3;1-2/h3-4,9-12H,5-8H2,1-2H3,(H,21,26)(H,22,27);2-8H,1H3,(H,20,21);2-6H2,1H3;1-4,7H2,(H,8,10);1-5H2;2H2,1H3;3H,2H2,1H3;1-2H2/b4-3-;5-3-;;;;;;. The predicted molar refractivity (Wildman–Crippen MR) is 331 cm³/mol. The van der Waals surface area contributed by atoms with Gasteiger partial charge in [-0.05, 0) is 114 Å². The average molecular weight is 1360 g/mol. The Kier molecular flexibility index (Phi) is 41.4. The number of amides is 6. The minimum absolute atomic E-state index is 0.178. The summed E-state index contributed by atoms with van der Waals surface area (Å²) in [6, 6.07) is 11.2. The zero-order chi connectivity index (χ0) is 70.6. The fourth-order valence-corrected chi connectivity index (χ4v) is 7.65. The van der Waals surface area contributed by atoms with Crippen molar-refractivity contribution < 1.29 is 99.8 Å². The number of rotatable bonds is 9. The number of carboxylic acids is 1. The van der Waals surface area contributed by atoms with Gasteiger partial charge in [0, 0.05) is 101 Å². The molecular formula is C58H82ClF3N14O18. The molecule has 6 heterocycles. The number of nitrogens with two attached hydrogens (primary N) is 3. The average Bonchev–Trinajstić information content (AvgIpc) is 1.84. The molecule has 6 amide bonds. The smallest absolute Gasteiger partial charge is 0.416 e. The van der Waals surface area contributed by atoms with Crippen LogP contribution in [0.3, 0.4) is 0 Å². The molecule has 0 aliphatic carbocycles. The monoisotopic (exact) mass is 1350 g/mol. The van der Waals surface area contributed by atoms with E-state index in [-0.39, 0.29) is 19.8 Å². The van der Waals surface area contributed by atoms with Crippen LogP contribution in [0.4, 0.5) is 13.2 Å². The second-order valence-corrected chi connectivity index (χ2v) is 19.3. The van der Waals surface area contributed by atoms with Crippen molar-refractivity contribution in [2.45, 2.75) is 67.0 Å². The Morgan fingerprint density at radius 2 is 1.07 bits per heavy atom. The van der Waals surface area contributed by atoms with Crippen LogP contribution in [0.1, 0.15) is 62.3 Å². The molecule has 4 saturated heterocycles. The number of carboxylic acid groups (broad SMARTS) is 1. The second-order valence-electron chi connectivity index (χ2n) is 19.0. The minimum Gasteiger partial charge on any atom is -0.478 e. The van der Waals surface area contributed by atoms with Crippen LogP contribution >= 0.6 is 11.6 Å². The molecule has 36 heteroatoms. The molecule has 8 rings (SSSR count). The fourth-order valence-electron chi connectivity index (χ4n) is 7.60. The molecule has 520 valence electrons. The Balaban J connectivity index is 0.000000596. The molecule has 0 atom stereocenters. The summed E-state index contributed by atoms with van der Waals surface area (Å²) >= 11 is 4.69. The first-order chi connectivity index (χ1) is 44.8. The molecule has 11 N–H and O–H groups in total. The van der Waals surface area contributed by atoms with E-state index in [1.54, 1.807) is 39.2 Å². The third kappa shape index (κ3) is 34.0. The van der Waals surface area contributed by atoms with Gasteiger partial charge in [0.05, 0.1) is 64.1 Å². The molecule has 0 bridgehead atoms. The number of carbonyl (C=O) groups excluding carboxylic acids is 9. The Hall–Kier alpha value is -9.07. The third-order valence-electron chi connectivity index (χ3n) is 11.7. The summed E-state index contributed by atoms with van der Waals surface area (Å²) in [4.78, 5) is 118. The van der Waals surface area contributed by atoms with E-state index in [1.165, 1.54) is 80.4 Å². The number of carbonyl (C=O) groups is 10. The lowest BCUT2D eigenvalue weighted by molar-refractivity contribution is -0.161. The van der Waals surface area contributed by atoms with Crippen LogP contribution in [0.15, 0.2) is 67.1 Å². The summed E-state index contributed by atoms with van der Waals surface area (Å²) in [6.07, 6.45) is 7.08. The molecule has 4 fully saturated rings. The van der Waals surface area contributed by atoms with Crippen molar-refractivity contribution >= 4 is 82.6 Å². The number of aliphatic hydroxyl groups excluding tert-OH is 1. The lowest BCUT2D eigenvalue weighted by Crippen LogP contribution is -2.52. The van der Waals surface area contributed by atoms with Crippen molar-refractivity contribution in [3.05, 3.63) is 89.4 Å². The summed E-state index contributed by atoms with van der Waals surface area (Å²) in [7, 11) is 0. The van der Waals surface area contributed by atoms with E-state index < -0.39 is 70.3 Å². The number of hydrogen-bond acceptors (Lipinski definition) is 23. The van der Waals surface area contributed by atoms with Gasteiger partial charge in [0.15, 0.2) is 5.82 Å². The Morgan fingerprint density at radius 3 is 1.51 bits per heavy atom. The number of nitrogens with zero attached hydrogens (tertiary/aromatic N) is 8. The third-order valence-corrected chi connectivity index (χ3v) is 11.9. The highest BCUT2D eigenvalue weighted by Crippen LogP contribution is 2.33. The number of aryl methyl sites for hydroxylation is 3. The number of aliphatic carboxylic acids is 1. The van der Waals surface area contributed by atoms with Gasteiger partial charge in [0.2, 0.25) is 0 Å². The molecule has 32 nitrogen and oxygen atoms in total. The van der Waals surface area contributed by atoms with Crippen LogP contribution < -0.4 is 33.8 Å². The van der Waals surface area contributed by atoms with E-state index in [2.05, 4.69) is 53.3 Å². The molecular weight excluding hydrogens is 1270 g/mol. The second kappa shape index (κ2) is 46.9. The minimum atomic E-state index is -4.42. The summed E-state index contributed by atoms with van der Waals surface area (Å²) in [6.45, 7) is 18.4. The highest BCUT2D eigenvalue weighted by atomic mass is 35.5. The molecule has 4 aliphatic heterocycles. The maximum Gasteiger partial charge on any atom is 0.416 e.